The molecule has 68 valence electrons. The summed E-state index contributed by atoms with van der Waals surface area (Å²) in [5, 5.41) is 4.12. The van der Waals surface area contributed by atoms with E-state index in [4.69, 9.17) is 11.5 Å². The Morgan fingerprint density at radius 2 is 2.23 bits per heavy atom. The number of hydrogen-bond donors (Lipinski definition) is 2. The van der Waals surface area contributed by atoms with E-state index in [0.29, 0.717) is 12.2 Å². The van der Waals surface area contributed by atoms with Gasteiger partial charge in [-0.25, -0.2) is 9.50 Å². The van der Waals surface area contributed by atoms with Gasteiger partial charge in [0.15, 0.2) is 5.65 Å². The van der Waals surface area contributed by atoms with Crippen molar-refractivity contribution in [3.63, 3.8) is 0 Å². The standard InChI is InChI=1S/C8H11N5/c9-2-1-6-3-12-13-5-7(10)4-11-8(6)13/h3-5H,1-2,9-10H2. The maximum atomic E-state index is 5.56. The molecule has 0 aliphatic heterocycles. The summed E-state index contributed by atoms with van der Waals surface area (Å²) in [5.74, 6) is 0. The Hall–Kier alpha value is -1.62. The highest BCUT2D eigenvalue weighted by molar-refractivity contribution is 5.49. The van der Waals surface area contributed by atoms with Gasteiger partial charge in [0.1, 0.15) is 0 Å². The molecule has 2 aromatic heterocycles. The van der Waals surface area contributed by atoms with E-state index in [1.54, 1.807) is 23.1 Å². The van der Waals surface area contributed by atoms with Gasteiger partial charge in [0.2, 0.25) is 0 Å². The van der Waals surface area contributed by atoms with Crippen LogP contribution in [0.4, 0.5) is 5.69 Å². The molecular formula is C8H11N5. The first-order valence-corrected chi connectivity index (χ1v) is 4.09. The Balaban J connectivity index is 2.55. The summed E-state index contributed by atoms with van der Waals surface area (Å²) in [6.07, 6.45) is 5.93. The minimum absolute atomic E-state index is 0.605. The van der Waals surface area contributed by atoms with Crippen LogP contribution in [-0.4, -0.2) is 21.1 Å². The van der Waals surface area contributed by atoms with E-state index >= 15 is 0 Å². The van der Waals surface area contributed by atoms with Gasteiger partial charge >= 0.3 is 0 Å². The van der Waals surface area contributed by atoms with Crippen LogP contribution in [0.5, 0.6) is 0 Å². The molecule has 0 aliphatic carbocycles. The Labute approximate surface area is 75.4 Å². The number of nitrogen functional groups attached to an aromatic ring is 1. The molecule has 0 spiro atoms. The van der Waals surface area contributed by atoms with Crippen LogP contribution >= 0.6 is 0 Å². The normalized spacial score (nSPS) is 10.8. The molecule has 0 unspecified atom stereocenters. The zero-order valence-electron chi connectivity index (χ0n) is 7.14. The number of anilines is 1. The zero-order valence-corrected chi connectivity index (χ0v) is 7.14. The van der Waals surface area contributed by atoms with Crippen molar-refractivity contribution in [2.75, 3.05) is 12.3 Å². The lowest BCUT2D eigenvalue weighted by molar-refractivity contribution is 0.941. The lowest BCUT2D eigenvalue weighted by atomic mass is 10.2. The largest absolute Gasteiger partial charge is 0.396 e. The molecule has 0 saturated heterocycles. The van der Waals surface area contributed by atoms with E-state index in [9.17, 15) is 0 Å². The molecule has 5 nitrogen and oxygen atoms in total. The van der Waals surface area contributed by atoms with E-state index in [2.05, 4.69) is 10.1 Å². The second kappa shape index (κ2) is 3.02. The predicted molar refractivity (Wildman–Crippen MR) is 50.2 cm³/mol. The van der Waals surface area contributed by atoms with Crippen LogP contribution in [0, 0.1) is 0 Å². The van der Waals surface area contributed by atoms with Crippen molar-refractivity contribution in [3.8, 4) is 0 Å². The van der Waals surface area contributed by atoms with Gasteiger partial charge in [0.05, 0.1) is 24.3 Å². The highest BCUT2D eigenvalue weighted by Crippen LogP contribution is 2.09. The van der Waals surface area contributed by atoms with Crippen LogP contribution in [-0.2, 0) is 6.42 Å². The maximum Gasteiger partial charge on any atom is 0.158 e. The number of hydrogen-bond acceptors (Lipinski definition) is 4. The van der Waals surface area contributed by atoms with E-state index < -0.39 is 0 Å². The summed E-state index contributed by atoms with van der Waals surface area (Å²) in [6, 6.07) is 0. The molecule has 13 heavy (non-hydrogen) atoms. The molecule has 0 aliphatic rings. The van der Waals surface area contributed by atoms with Crippen molar-refractivity contribution in [2.45, 2.75) is 6.42 Å². The molecule has 0 saturated carbocycles. The monoisotopic (exact) mass is 177 g/mol. The fourth-order valence-electron chi connectivity index (χ4n) is 1.27. The minimum Gasteiger partial charge on any atom is -0.396 e. The predicted octanol–water partition coefficient (Wildman–Crippen LogP) is -0.187. The first-order chi connectivity index (χ1) is 6.31. The molecule has 2 heterocycles. The molecule has 0 atom stereocenters. The number of aromatic nitrogens is 3. The summed E-state index contributed by atoms with van der Waals surface area (Å²) in [5.41, 5.74) is 13.5. The van der Waals surface area contributed by atoms with Crippen LogP contribution in [0.2, 0.25) is 0 Å². The first-order valence-electron chi connectivity index (χ1n) is 4.09. The lowest BCUT2D eigenvalue weighted by Gasteiger charge is -1.96. The van der Waals surface area contributed by atoms with E-state index in [0.717, 1.165) is 17.6 Å². The third-order valence-corrected chi connectivity index (χ3v) is 1.86. The molecule has 0 amide bonds. The quantitative estimate of drug-likeness (QED) is 0.666. The molecule has 4 N–H and O–H groups in total. The summed E-state index contributed by atoms with van der Waals surface area (Å²) < 4.78 is 1.67. The number of fused-ring (bicyclic) bond motifs is 1. The Morgan fingerprint density at radius 3 is 3.00 bits per heavy atom. The van der Waals surface area contributed by atoms with Crippen LogP contribution in [0.3, 0.4) is 0 Å². The average Bonchev–Trinajstić information content (AvgIpc) is 2.49. The molecule has 0 fully saturated rings. The third kappa shape index (κ3) is 1.33. The summed E-state index contributed by atoms with van der Waals surface area (Å²) in [6.45, 7) is 0.605. The molecule has 0 bridgehead atoms. The fourth-order valence-corrected chi connectivity index (χ4v) is 1.27. The topological polar surface area (TPSA) is 82.2 Å². The lowest BCUT2D eigenvalue weighted by Crippen LogP contribution is -2.03. The van der Waals surface area contributed by atoms with Crippen molar-refractivity contribution in [2.24, 2.45) is 5.73 Å². The van der Waals surface area contributed by atoms with E-state index in [1.165, 1.54) is 0 Å². The first kappa shape index (κ1) is 8.00. The van der Waals surface area contributed by atoms with Crippen LogP contribution < -0.4 is 11.5 Å². The SMILES string of the molecule is NCCc1cnn2cc(N)cnc12. The van der Waals surface area contributed by atoms with E-state index in [1.807, 2.05) is 0 Å². The van der Waals surface area contributed by atoms with Crippen molar-refractivity contribution in [3.05, 3.63) is 24.2 Å². The highest BCUT2D eigenvalue weighted by atomic mass is 15.2. The second-order valence-corrected chi connectivity index (χ2v) is 2.86. The maximum absolute atomic E-state index is 5.56. The molecule has 2 aromatic rings. The van der Waals surface area contributed by atoms with Crippen molar-refractivity contribution < 1.29 is 0 Å². The van der Waals surface area contributed by atoms with Gasteiger partial charge in [-0.15, -0.1) is 0 Å². The van der Waals surface area contributed by atoms with Crippen LogP contribution in [0.1, 0.15) is 5.56 Å². The van der Waals surface area contributed by atoms with Gasteiger partial charge in [0.25, 0.3) is 0 Å². The zero-order chi connectivity index (χ0) is 9.26. The smallest absolute Gasteiger partial charge is 0.158 e. The van der Waals surface area contributed by atoms with Gasteiger partial charge in [-0.05, 0) is 13.0 Å². The molecule has 0 radical (unpaired) electrons. The van der Waals surface area contributed by atoms with Crippen molar-refractivity contribution >= 4 is 11.3 Å². The van der Waals surface area contributed by atoms with E-state index in [-0.39, 0.29) is 0 Å². The Kier molecular flexibility index (Phi) is 1.86. The third-order valence-electron chi connectivity index (χ3n) is 1.86. The fraction of sp³-hybridized carbons (Fsp3) is 0.250. The van der Waals surface area contributed by atoms with Crippen LogP contribution in [0.15, 0.2) is 18.6 Å². The summed E-state index contributed by atoms with van der Waals surface area (Å²) >= 11 is 0. The number of nitrogens with zero attached hydrogens (tertiary/aromatic N) is 3. The number of rotatable bonds is 2. The van der Waals surface area contributed by atoms with Gasteiger partial charge in [-0.1, -0.05) is 0 Å². The minimum atomic E-state index is 0.605. The summed E-state index contributed by atoms with van der Waals surface area (Å²) in [4.78, 5) is 4.18. The average molecular weight is 177 g/mol. The van der Waals surface area contributed by atoms with Crippen molar-refractivity contribution in [1.29, 1.82) is 0 Å². The second-order valence-electron chi connectivity index (χ2n) is 2.86. The van der Waals surface area contributed by atoms with Gasteiger partial charge < -0.3 is 11.5 Å². The van der Waals surface area contributed by atoms with Gasteiger partial charge in [-0.2, -0.15) is 5.10 Å². The summed E-state index contributed by atoms with van der Waals surface area (Å²) in [7, 11) is 0. The number of nitrogens with two attached hydrogens (primary N) is 2. The Bertz CT molecular complexity index is 419. The molecular weight excluding hydrogens is 166 g/mol. The Morgan fingerprint density at radius 1 is 1.38 bits per heavy atom. The van der Waals surface area contributed by atoms with Gasteiger partial charge in [-0.3, -0.25) is 0 Å². The molecule has 5 heteroatoms. The van der Waals surface area contributed by atoms with Gasteiger partial charge in [0, 0.05) is 5.56 Å². The molecule has 2 rings (SSSR count). The van der Waals surface area contributed by atoms with Crippen molar-refractivity contribution in [1.82, 2.24) is 14.6 Å². The molecule has 0 aromatic carbocycles. The van der Waals surface area contributed by atoms with Crippen LogP contribution in [0.25, 0.3) is 5.65 Å². The highest BCUT2D eigenvalue weighted by Gasteiger charge is 2.03.